The van der Waals surface area contributed by atoms with Crippen LogP contribution in [-0.2, 0) is 4.79 Å². The second-order valence-electron chi connectivity index (χ2n) is 6.03. The summed E-state index contributed by atoms with van der Waals surface area (Å²) in [5.74, 6) is -0.772. The third-order valence-electron chi connectivity index (χ3n) is 3.28. The molecule has 0 heterocycles. The highest BCUT2D eigenvalue weighted by Crippen LogP contribution is 2.23. The lowest BCUT2D eigenvalue weighted by atomic mass is 10.00. The van der Waals surface area contributed by atoms with Gasteiger partial charge in [-0.15, -0.1) is 0 Å². The van der Waals surface area contributed by atoms with Gasteiger partial charge in [0.15, 0.2) is 0 Å². The molecule has 0 aliphatic rings. The summed E-state index contributed by atoms with van der Waals surface area (Å²) in [7, 11) is 0. The fourth-order valence-electron chi connectivity index (χ4n) is 2.08. The van der Waals surface area contributed by atoms with Gasteiger partial charge in [-0.2, -0.15) is 0 Å². The standard InChI is InChI=1S/C15H23FN2O2/c1-10-7-11(16)5-6-12(10)13(19)8-18(9-14(17)20)15(2,3)4/h5-7,13,19H,8-9H2,1-4H3,(H2,17,20). The van der Waals surface area contributed by atoms with E-state index in [0.29, 0.717) is 11.1 Å². The summed E-state index contributed by atoms with van der Waals surface area (Å²) in [4.78, 5) is 12.9. The Kier molecular flexibility index (Phi) is 5.25. The Morgan fingerprint density at radius 3 is 2.50 bits per heavy atom. The quantitative estimate of drug-likeness (QED) is 0.864. The Morgan fingerprint density at radius 1 is 1.45 bits per heavy atom. The number of primary amides is 1. The summed E-state index contributed by atoms with van der Waals surface area (Å²) in [6.07, 6.45) is -0.797. The van der Waals surface area contributed by atoms with Crippen LogP contribution in [0.1, 0.15) is 38.0 Å². The molecule has 0 aromatic heterocycles. The van der Waals surface area contributed by atoms with Gasteiger partial charge >= 0.3 is 0 Å². The summed E-state index contributed by atoms with van der Waals surface area (Å²) in [6, 6.07) is 4.27. The molecule has 1 unspecified atom stereocenters. The summed E-state index contributed by atoms with van der Waals surface area (Å²) in [5, 5.41) is 10.3. The Morgan fingerprint density at radius 2 is 2.05 bits per heavy atom. The van der Waals surface area contributed by atoms with Crippen LogP contribution in [0.3, 0.4) is 0 Å². The van der Waals surface area contributed by atoms with Crippen LogP contribution in [0.2, 0.25) is 0 Å². The molecule has 0 bridgehead atoms. The Bertz CT molecular complexity index is 483. The molecule has 0 saturated heterocycles. The predicted octanol–water partition coefficient (Wildman–Crippen LogP) is 1.75. The summed E-state index contributed by atoms with van der Waals surface area (Å²) in [5.41, 5.74) is 6.28. The lowest BCUT2D eigenvalue weighted by molar-refractivity contribution is -0.120. The van der Waals surface area contributed by atoms with Crippen molar-refractivity contribution in [3.63, 3.8) is 0 Å². The highest BCUT2D eigenvalue weighted by Gasteiger charge is 2.26. The van der Waals surface area contributed by atoms with Crippen LogP contribution < -0.4 is 5.73 Å². The van der Waals surface area contributed by atoms with Crippen molar-refractivity contribution in [1.29, 1.82) is 0 Å². The van der Waals surface area contributed by atoms with Gasteiger partial charge in [-0.05, 0) is 51.0 Å². The number of hydrogen-bond donors (Lipinski definition) is 2. The van der Waals surface area contributed by atoms with E-state index in [9.17, 15) is 14.3 Å². The predicted molar refractivity (Wildman–Crippen MR) is 76.6 cm³/mol. The molecule has 20 heavy (non-hydrogen) atoms. The number of nitrogens with zero attached hydrogens (tertiary/aromatic N) is 1. The van der Waals surface area contributed by atoms with Gasteiger partial charge in [-0.25, -0.2) is 4.39 Å². The highest BCUT2D eigenvalue weighted by atomic mass is 19.1. The molecule has 0 fully saturated rings. The van der Waals surface area contributed by atoms with Gasteiger partial charge in [0, 0.05) is 12.1 Å². The number of hydrogen-bond acceptors (Lipinski definition) is 3. The van der Waals surface area contributed by atoms with E-state index in [1.54, 1.807) is 13.0 Å². The lowest BCUT2D eigenvalue weighted by Crippen LogP contribution is -2.47. The molecule has 1 atom stereocenters. The van der Waals surface area contributed by atoms with Crippen LogP contribution in [0.5, 0.6) is 0 Å². The molecule has 0 aliphatic heterocycles. The van der Waals surface area contributed by atoms with Gasteiger partial charge in [0.2, 0.25) is 5.91 Å². The summed E-state index contributed by atoms with van der Waals surface area (Å²) in [6.45, 7) is 7.91. The molecule has 0 saturated carbocycles. The minimum atomic E-state index is -0.797. The highest BCUT2D eigenvalue weighted by molar-refractivity contribution is 5.76. The number of nitrogens with two attached hydrogens (primary N) is 1. The van der Waals surface area contributed by atoms with Crippen LogP contribution >= 0.6 is 0 Å². The van der Waals surface area contributed by atoms with E-state index < -0.39 is 12.0 Å². The Balaban J connectivity index is 2.90. The second-order valence-corrected chi connectivity index (χ2v) is 6.03. The molecule has 1 amide bonds. The summed E-state index contributed by atoms with van der Waals surface area (Å²) >= 11 is 0. The number of β-amino-alcohol motifs (C(OH)–C–C–N with tert-alkyl or cyclic N) is 1. The first kappa shape index (κ1) is 16.6. The first-order valence-electron chi connectivity index (χ1n) is 6.58. The molecule has 1 aromatic carbocycles. The van der Waals surface area contributed by atoms with E-state index in [2.05, 4.69) is 0 Å². The van der Waals surface area contributed by atoms with Crippen LogP contribution in [0.25, 0.3) is 0 Å². The van der Waals surface area contributed by atoms with Crippen LogP contribution in [0, 0.1) is 12.7 Å². The number of aryl methyl sites for hydroxylation is 1. The van der Waals surface area contributed by atoms with Crippen molar-refractivity contribution in [3.8, 4) is 0 Å². The number of aliphatic hydroxyl groups is 1. The molecule has 1 aromatic rings. The largest absolute Gasteiger partial charge is 0.387 e. The van der Waals surface area contributed by atoms with E-state index in [0.717, 1.165) is 0 Å². The zero-order valence-corrected chi connectivity index (χ0v) is 12.5. The fourth-order valence-corrected chi connectivity index (χ4v) is 2.08. The second kappa shape index (κ2) is 6.33. The van der Waals surface area contributed by atoms with Gasteiger partial charge in [0.1, 0.15) is 5.82 Å². The molecule has 3 N–H and O–H groups in total. The normalized spacial score (nSPS) is 13.6. The van der Waals surface area contributed by atoms with Gasteiger partial charge in [-0.1, -0.05) is 6.07 Å². The van der Waals surface area contributed by atoms with Crippen molar-refractivity contribution >= 4 is 5.91 Å². The van der Waals surface area contributed by atoms with Crippen molar-refractivity contribution in [1.82, 2.24) is 4.90 Å². The van der Waals surface area contributed by atoms with Gasteiger partial charge < -0.3 is 10.8 Å². The number of rotatable bonds is 5. The average molecular weight is 282 g/mol. The monoisotopic (exact) mass is 282 g/mol. The van der Waals surface area contributed by atoms with Crippen molar-refractivity contribution in [2.24, 2.45) is 5.73 Å². The molecular weight excluding hydrogens is 259 g/mol. The van der Waals surface area contributed by atoms with Gasteiger partial charge in [-0.3, -0.25) is 9.69 Å². The zero-order chi connectivity index (χ0) is 15.5. The number of benzene rings is 1. The lowest BCUT2D eigenvalue weighted by Gasteiger charge is -2.36. The third kappa shape index (κ3) is 4.58. The van der Waals surface area contributed by atoms with Gasteiger partial charge in [0.25, 0.3) is 0 Å². The van der Waals surface area contributed by atoms with Gasteiger partial charge in [0.05, 0.1) is 12.6 Å². The molecule has 5 heteroatoms. The maximum absolute atomic E-state index is 13.1. The van der Waals surface area contributed by atoms with Crippen molar-refractivity contribution < 1.29 is 14.3 Å². The van der Waals surface area contributed by atoms with Crippen LogP contribution in [0.15, 0.2) is 18.2 Å². The van der Waals surface area contributed by atoms with Crippen LogP contribution in [0.4, 0.5) is 4.39 Å². The van der Waals surface area contributed by atoms with Crippen LogP contribution in [-0.4, -0.2) is 34.5 Å². The molecular formula is C15H23FN2O2. The molecule has 0 radical (unpaired) electrons. The maximum atomic E-state index is 13.1. The minimum Gasteiger partial charge on any atom is -0.387 e. The topological polar surface area (TPSA) is 66.6 Å². The number of aliphatic hydroxyl groups excluding tert-OH is 1. The smallest absolute Gasteiger partial charge is 0.231 e. The first-order valence-corrected chi connectivity index (χ1v) is 6.58. The van der Waals surface area contributed by atoms with E-state index in [-0.39, 0.29) is 24.4 Å². The molecule has 0 spiro atoms. The molecule has 1 rings (SSSR count). The molecule has 0 aliphatic carbocycles. The molecule has 112 valence electrons. The first-order chi connectivity index (χ1) is 9.11. The minimum absolute atomic E-state index is 0.0702. The Labute approximate surface area is 119 Å². The molecule has 4 nitrogen and oxygen atoms in total. The zero-order valence-electron chi connectivity index (χ0n) is 12.5. The fraction of sp³-hybridized carbons (Fsp3) is 0.533. The van der Waals surface area contributed by atoms with Crippen molar-refractivity contribution in [2.45, 2.75) is 39.3 Å². The number of halogens is 1. The van der Waals surface area contributed by atoms with E-state index >= 15 is 0 Å². The van der Waals surface area contributed by atoms with Crippen molar-refractivity contribution in [3.05, 3.63) is 35.1 Å². The van der Waals surface area contributed by atoms with Crippen molar-refractivity contribution in [2.75, 3.05) is 13.1 Å². The van der Waals surface area contributed by atoms with E-state index in [1.165, 1.54) is 12.1 Å². The average Bonchev–Trinajstić information content (AvgIpc) is 2.25. The summed E-state index contributed by atoms with van der Waals surface area (Å²) < 4.78 is 13.1. The maximum Gasteiger partial charge on any atom is 0.231 e. The Hall–Kier alpha value is -1.46. The number of carbonyl (C=O) groups excluding carboxylic acids is 1. The van der Waals surface area contributed by atoms with E-state index in [1.807, 2.05) is 25.7 Å². The third-order valence-corrected chi connectivity index (χ3v) is 3.28. The number of amides is 1. The number of carbonyl (C=O) groups is 1. The van der Waals surface area contributed by atoms with E-state index in [4.69, 9.17) is 5.73 Å². The SMILES string of the molecule is Cc1cc(F)ccc1C(O)CN(CC(N)=O)C(C)(C)C.